The molecule has 0 radical (unpaired) electrons. The Morgan fingerprint density at radius 3 is 2.35 bits per heavy atom. The van der Waals surface area contributed by atoms with Crippen molar-refractivity contribution in [3.05, 3.63) is 63.7 Å². The van der Waals surface area contributed by atoms with Gasteiger partial charge in [0.1, 0.15) is 34.3 Å². The van der Waals surface area contributed by atoms with Gasteiger partial charge in [-0.2, -0.15) is 10.5 Å². The molecule has 0 aliphatic carbocycles. The third-order valence-electron chi connectivity index (χ3n) is 3.63. The lowest BCUT2D eigenvalue weighted by Crippen LogP contribution is -2.33. The van der Waals surface area contributed by atoms with Crippen LogP contribution < -0.4 is 5.32 Å². The summed E-state index contributed by atoms with van der Waals surface area (Å²) >= 11 is 5.87. The zero-order chi connectivity index (χ0) is 19.3. The molecular weight excluding hydrogens is 364 g/mol. The minimum Gasteiger partial charge on any atom is -0.467 e. The van der Waals surface area contributed by atoms with Gasteiger partial charge in [0.25, 0.3) is 0 Å². The summed E-state index contributed by atoms with van der Waals surface area (Å²) in [7, 11) is 1.16. The monoisotopic (exact) mass is 375 g/mol. The molecule has 0 aliphatic heterocycles. The summed E-state index contributed by atoms with van der Waals surface area (Å²) in [6.45, 7) is 0. The minimum absolute atomic E-state index is 0.123. The summed E-state index contributed by atoms with van der Waals surface area (Å²) in [5, 5.41) is 20.0. The Labute approximate surface area is 153 Å². The number of anilines is 1. The van der Waals surface area contributed by atoms with Crippen LogP contribution in [0.5, 0.6) is 0 Å². The van der Waals surface area contributed by atoms with E-state index in [-0.39, 0.29) is 6.42 Å². The van der Waals surface area contributed by atoms with E-state index >= 15 is 0 Å². The molecule has 1 N–H and O–H groups in total. The van der Waals surface area contributed by atoms with Gasteiger partial charge < -0.3 is 10.1 Å². The van der Waals surface area contributed by atoms with Crippen LogP contribution >= 0.6 is 11.6 Å². The highest BCUT2D eigenvalue weighted by atomic mass is 35.5. The summed E-state index contributed by atoms with van der Waals surface area (Å²) in [4.78, 5) is 12.1. The van der Waals surface area contributed by atoms with Gasteiger partial charge in [-0.25, -0.2) is 13.6 Å². The summed E-state index contributed by atoms with van der Waals surface area (Å²) in [6.07, 6.45) is 0.123. The maximum Gasteiger partial charge on any atom is 0.328 e. The molecule has 2 rings (SSSR count). The second-order valence-corrected chi connectivity index (χ2v) is 5.58. The highest BCUT2D eigenvalue weighted by Gasteiger charge is 2.28. The van der Waals surface area contributed by atoms with E-state index in [2.05, 4.69) is 5.32 Å². The lowest BCUT2D eigenvalue weighted by molar-refractivity contribution is -0.141. The lowest BCUT2D eigenvalue weighted by atomic mass is 10.0. The predicted octanol–water partition coefficient (Wildman–Crippen LogP) is 3.56. The topological polar surface area (TPSA) is 85.9 Å². The Bertz CT molecular complexity index is 921. The number of hydrogen-bond donors (Lipinski definition) is 1. The van der Waals surface area contributed by atoms with Crippen molar-refractivity contribution >= 4 is 23.3 Å². The number of carbonyl (C=O) groups excluding carboxylic acids is 1. The van der Waals surface area contributed by atoms with Crippen LogP contribution in [-0.2, 0) is 16.0 Å². The molecule has 0 amide bonds. The molecule has 0 aromatic heterocycles. The second-order valence-electron chi connectivity index (χ2n) is 5.20. The highest BCUT2D eigenvalue weighted by Crippen LogP contribution is 2.34. The molecule has 1 atom stereocenters. The van der Waals surface area contributed by atoms with Gasteiger partial charge in [-0.3, -0.25) is 0 Å². The molecular formula is C18H12ClF2N3O2. The van der Waals surface area contributed by atoms with E-state index in [9.17, 15) is 18.8 Å². The number of ether oxygens (including phenoxy) is 1. The quantitative estimate of drug-likeness (QED) is 0.638. The van der Waals surface area contributed by atoms with Crippen molar-refractivity contribution in [2.45, 2.75) is 12.5 Å². The van der Waals surface area contributed by atoms with Crippen molar-refractivity contribution in [3.8, 4) is 12.1 Å². The number of nitrogens with one attached hydrogen (secondary N) is 1. The number of methoxy groups -OCH3 is 1. The van der Waals surface area contributed by atoms with Crippen LogP contribution in [-0.4, -0.2) is 19.1 Å². The summed E-state index contributed by atoms with van der Waals surface area (Å²) in [5.74, 6) is -3.36. The van der Waals surface area contributed by atoms with Crippen LogP contribution in [0.25, 0.3) is 0 Å². The second kappa shape index (κ2) is 8.28. The van der Waals surface area contributed by atoms with Crippen LogP contribution in [0.1, 0.15) is 16.7 Å². The van der Waals surface area contributed by atoms with Crippen LogP contribution in [0.3, 0.4) is 0 Å². The zero-order valence-electron chi connectivity index (χ0n) is 13.5. The average Bonchev–Trinajstić information content (AvgIpc) is 2.66. The number of halogens is 3. The molecule has 26 heavy (non-hydrogen) atoms. The van der Waals surface area contributed by atoms with Crippen LogP contribution in [0.15, 0.2) is 30.3 Å². The van der Waals surface area contributed by atoms with Gasteiger partial charge in [-0.15, -0.1) is 0 Å². The van der Waals surface area contributed by atoms with Crippen molar-refractivity contribution in [1.29, 1.82) is 10.5 Å². The fourth-order valence-corrected chi connectivity index (χ4v) is 2.60. The van der Waals surface area contributed by atoms with E-state index in [0.29, 0.717) is 0 Å². The van der Waals surface area contributed by atoms with Crippen molar-refractivity contribution in [3.63, 3.8) is 0 Å². The fourth-order valence-electron chi connectivity index (χ4n) is 2.36. The first kappa shape index (κ1) is 19.2. The van der Waals surface area contributed by atoms with E-state index in [4.69, 9.17) is 21.6 Å². The van der Waals surface area contributed by atoms with Crippen molar-refractivity contribution in [2.24, 2.45) is 0 Å². The predicted molar refractivity (Wildman–Crippen MR) is 90.4 cm³/mol. The molecule has 0 spiro atoms. The number of rotatable bonds is 5. The molecule has 132 valence electrons. The van der Waals surface area contributed by atoms with Gasteiger partial charge in [0.05, 0.1) is 12.8 Å². The van der Waals surface area contributed by atoms with Gasteiger partial charge in [-0.1, -0.05) is 41.9 Å². The highest BCUT2D eigenvalue weighted by molar-refractivity contribution is 6.33. The Balaban J connectivity index is 2.50. The molecule has 0 saturated heterocycles. The van der Waals surface area contributed by atoms with Crippen LogP contribution in [0, 0.1) is 34.3 Å². The molecule has 0 saturated carbocycles. The first-order valence-electron chi connectivity index (χ1n) is 7.33. The molecule has 5 nitrogen and oxygen atoms in total. The Morgan fingerprint density at radius 1 is 1.19 bits per heavy atom. The zero-order valence-corrected chi connectivity index (χ0v) is 14.3. The lowest BCUT2D eigenvalue weighted by Gasteiger charge is -2.20. The van der Waals surface area contributed by atoms with Gasteiger partial charge in [0.15, 0.2) is 11.6 Å². The summed E-state index contributed by atoms with van der Waals surface area (Å²) in [5.41, 5.74) is -1.28. The van der Waals surface area contributed by atoms with Crippen molar-refractivity contribution in [2.75, 3.05) is 12.4 Å². The maximum atomic E-state index is 14.2. The molecule has 0 bridgehead atoms. The number of nitriles is 2. The van der Waals surface area contributed by atoms with E-state index in [0.717, 1.165) is 12.7 Å². The molecule has 8 heteroatoms. The Hall–Kier alpha value is -3.16. The van der Waals surface area contributed by atoms with Crippen LogP contribution in [0.4, 0.5) is 14.5 Å². The third kappa shape index (κ3) is 3.74. The van der Waals surface area contributed by atoms with Crippen LogP contribution in [0.2, 0.25) is 5.02 Å². The van der Waals surface area contributed by atoms with E-state index in [1.807, 2.05) is 0 Å². The summed E-state index contributed by atoms with van der Waals surface area (Å²) in [6, 6.07) is 10.6. The van der Waals surface area contributed by atoms with E-state index < -0.39 is 45.5 Å². The molecule has 2 aromatic rings. The largest absolute Gasteiger partial charge is 0.467 e. The van der Waals surface area contributed by atoms with Gasteiger partial charge in [-0.05, 0) is 5.56 Å². The standard InChI is InChI=1S/C18H12ClF2N3O2/c1-26-18(25)13(7-10-5-3-2-4-6-10)24-17-12(9-23)15(20)11(8-22)16(21)14(17)19/h2-6,13,24H,7H2,1H3/t13-/m0/s1. The van der Waals surface area contributed by atoms with Crippen molar-refractivity contribution < 1.29 is 18.3 Å². The maximum absolute atomic E-state index is 14.2. The average molecular weight is 376 g/mol. The number of hydrogen-bond acceptors (Lipinski definition) is 5. The minimum atomic E-state index is -1.34. The molecule has 0 aliphatic rings. The van der Waals surface area contributed by atoms with Gasteiger partial charge in [0, 0.05) is 6.42 Å². The first-order chi connectivity index (χ1) is 12.4. The first-order valence-corrected chi connectivity index (χ1v) is 7.71. The SMILES string of the molecule is COC(=O)[C@H](Cc1ccccc1)Nc1c(Cl)c(F)c(C#N)c(F)c1C#N. The number of esters is 1. The molecule has 0 unspecified atom stereocenters. The smallest absolute Gasteiger partial charge is 0.328 e. The third-order valence-corrected chi connectivity index (χ3v) is 3.99. The van der Waals surface area contributed by atoms with Gasteiger partial charge in [0.2, 0.25) is 0 Å². The van der Waals surface area contributed by atoms with E-state index in [1.165, 1.54) is 6.07 Å². The molecule has 0 fully saturated rings. The molecule has 2 aromatic carbocycles. The number of carbonyl (C=O) groups is 1. The Kier molecular flexibility index (Phi) is 6.11. The fraction of sp³-hybridized carbons (Fsp3) is 0.167. The Morgan fingerprint density at radius 2 is 1.81 bits per heavy atom. The summed E-state index contributed by atoms with van der Waals surface area (Å²) < 4.78 is 33.1. The number of nitrogens with zero attached hydrogens (tertiary/aromatic N) is 2. The van der Waals surface area contributed by atoms with Crippen molar-refractivity contribution in [1.82, 2.24) is 0 Å². The normalized spacial score (nSPS) is 11.2. The van der Waals surface area contributed by atoms with Gasteiger partial charge >= 0.3 is 5.97 Å². The molecule has 0 heterocycles. The van der Waals surface area contributed by atoms with E-state index in [1.54, 1.807) is 36.4 Å². The number of benzene rings is 2.